The van der Waals surface area contributed by atoms with E-state index in [1.165, 1.54) is 46.5 Å². The summed E-state index contributed by atoms with van der Waals surface area (Å²) in [5.41, 5.74) is 3.80. The van der Waals surface area contributed by atoms with Crippen LogP contribution in [0.1, 0.15) is 24.0 Å². The van der Waals surface area contributed by atoms with Crippen molar-refractivity contribution in [3.05, 3.63) is 120 Å². The lowest BCUT2D eigenvalue weighted by Gasteiger charge is -2.20. The van der Waals surface area contributed by atoms with Crippen molar-refractivity contribution in [1.29, 1.82) is 0 Å². The monoisotopic (exact) mass is 488 g/mol. The molecule has 7 rings (SSSR count). The van der Waals surface area contributed by atoms with Crippen LogP contribution in [0.2, 0.25) is 5.02 Å². The molecule has 6 aromatic rings. The van der Waals surface area contributed by atoms with Crippen molar-refractivity contribution in [3.63, 3.8) is 0 Å². The molecule has 1 aliphatic rings. The van der Waals surface area contributed by atoms with E-state index < -0.39 is 0 Å². The average molecular weight is 489 g/mol. The minimum absolute atomic E-state index is 0.685. The number of fused-ring (bicyclic) bond motifs is 6. The van der Waals surface area contributed by atoms with Crippen molar-refractivity contribution in [1.82, 2.24) is 9.97 Å². The molecule has 0 saturated carbocycles. The van der Waals surface area contributed by atoms with Gasteiger partial charge in [-0.15, -0.1) is 0 Å². The van der Waals surface area contributed by atoms with Crippen LogP contribution < -0.4 is 4.74 Å². The maximum Gasteiger partial charge on any atom is 0.159 e. The van der Waals surface area contributed by atoms with Crippen molar-refractivity contribution in [2.75, 3.05) is 0 Å². The quantitative estimate of drug-likeness (QED) is 0.228. The second-order valence-corrected chi connectivity index (χ2v) is 9.48. The largest absolute Gasteiger partial charge is 0.457 e. The summed E-state index contributed by atoms with van der Waals surface area (Å²) in [6, 6.07) is 30.7. The van der Waals surface area contributed by atoms with E-state index in [4.69, 9.17) is 16.3 Å². The highest BCUT2D eigenvalue weighted by Crippen LogP contribution is 2.39. The van der Waals surface area contributed by atoms with Gasteiger partial charge in [0.05, 0.1) is 0 Å². The Balaban J connectivity index is 0.000000200. The topological polar surface area (TPSA) is 35.0 Å². The summed E-state index contributed by atoms with van der Waals surface area (Å²) in [6.07, 6.45) is 8.39. The van der Waals surface area contributed by atoms with Crippen LogP contribution in [0.25, 0.3) is 32.6 Å². The number of hydrogen-bond donors (Lipinski definition) is 0. The molecule has 0 atom stereocenters. The van der Waals surface area contributed by atoms with Gasteiger partial charge in [0.15, 0.2) is 5.65 Å². The van der Waals surface area contributed by atoms with Crippen molar-refractivity contribution in [2.24, 2.45) is 0 Å². The maximum absolute atomic E-state index is 6.29. The maximum atomic E-state index is 6.29. The second-order valence-electron chi connectivity index (χ2n) is 9.04. The van der Waals surface area contributed by atoms with Gasteiger partial charge in [0.1, 0.15) is 11.5 Å². The lowest BCUT2D eigenvalue weighted by atomic mass is 9.86. The molecular formula is C32H25ClN2O. The molecule has 4 aromatic carbocycles. The van der Waals surface area contributed by atoms with Crippen LogP contribution in [-0.4, -0.2) is 9.97 Å². The summed E-state index contributed by atoms with van der Waals surface area (Å²) in [5, 5.41) is 6.80. The second kappa shape index (κ2) is 9.96. The van der Waals surface area contributed by atoms with E-state index in [-0.39, 0.29) is 0 Å². The Bertz CT molecular complexity index is 1630. The molecule has 36 heavy (non-hydrogen) atoms. The Kier molecular flexibility index (Phi) is 6.23. The fourth-order valence-electron chi connectivity index (χ4n) is 5.05. The summed E-state index contributed by atoms with van der Waals surface area (Å²) in [7, 11) is 0. The van der Waals surface area contributed by atoms with Gasteiger partial charge in [-0.2, -0.15) is 0 Å². The van der Waals surface area contributed by atoms with Crippen LogP contribution in [0.15, 0.2) is 103 Å². The minimum Gasteiger partial charge on any atom is -0.457 e. The van der Waals surface area contributed by atoms with Crippen LogP contribution in [0.5, 0.6) is 11.5 Å². The summed E-state index contributed by atoms with van der Waals surface area (Å²) in [6.45, 7) is 0. The van der Waals surface area contributed by atoms with Crippen molar-refractivity contribution >= 4 is 44.2 Å². The highest BCUT2D eigenvalue weighted by Gasteiger charge is 2.16. The van der Waals surface area contributed by atoms with Crippen LogP contribution in [0.4, 0.5) is 0 Å². The van der Waals surface area contributed by atoms with Gasteiger partial charge in [-0.3, -0.25) is 0 Å². The predicted octanol–water partition coefficient (Wildman–Crippen LogP) is 8.95. The number of rotatable bonds is 2. The number of nitrogens with zero attached hydrogens (tertiary/aromatic N) is 2. The van der Waals surface area contributed by atoms with E-state index in [1.54, 1.807) is 12.4 Å². The SMILES string of the molecule is Clc1cccc(Oc2cc3c4c(ccc3c3ccccc23)CCCC4)c1.c1cnc2ncccc2c1. The third kappa shape index (κ3) is 4.50. The van der Waals surface area contributed by atoms with Crippen molar-refractivity contribution < 1.29 is 4.74 Å². The third-order valence-electron chi connectivity index (χ3n) is 6.73. The Morgan fingerprint density at radius 3 is 2.17 bits per heavy atom. The van der Waals surface area contributed by atoms with E-state index in [0.717, 1.165) is 34.3 Å². The normalized spacial score (nSPS) is 12.7. The number of halogens is 1. The number of benzene rings is 4. The van der Waals surface area contributed by atoms with Crippen LogP contribution in [0.3, 0.4) is 0 Å². The Morgan fingerprint density at radius 1 is 0.639 bits per heavy atom. The van der Waals surface area contributed by atoms with Gasteiger partial charge in [0.25, 0.3) is 0 Å². The third-order valence-corrected chi connectivity index (χ3v) is 6.97. The number of hydrogen-bond acceptors (Lipinski definition) is 3. The standard InChI is InChI=1S/C24H19ClO.C8H6N2/c25-17-7-5-8-18(14-17)26-24-15-23-19-9-2-1-6-16(19)12-13-21(23)20-10-3-4-11-22(20)24;1-3-7-4-2-6-10-8(7)9-5-1/h3-5,7-8,10-15H,1-2,6,9H2;1-6H. The molecule has 0 N–H and O–H groups in total. The first kappa shape index (κ1) is 22.5. The first-order chi connectivity index (χ1) is 17.8. The first-order valence-electron chi connectivity index (χ1n) is 12.3. The molecule has 3 nitrogen and oxygen atoms in total. The molecule has 0 saturated heterocycles. The van der Waals surface area contributed by atoms with Crippen LogP contribution >= 0.6 is 11.6 Å². The average Bonchev–Trinajstić information content (AvgIpc) is 2.93. The highest BCUT2D eigenvalue weighted by molar-refractivity contribution is 6.30. The summed E-state index contributed by atoms with van der Waals surface area (Å²) < 4.78 is 6.29. The molecule has 2 aromatic heterocycles. The van der Waals surface area contributed by atoms with Gasteiger partial charge in [0.2, 0.25) is 0 Å². The van der Waals surface area contributed by atoms with Crippen molar-refractivity contribution in [2.45, 2.75) is 25.7 Å². The zero-order valence-electron chi connectivity index (χ0n) is 19.8. The lowest BCUT2D eigenvalue weighted by Crippen LogP contribution is -2.03. The Labute approximate surface area is 215 Å². The van der Waals surface area contributed by atoms with Crippen LogP contribution in [-0.2, 0) is 12.8 Å². The van der Waals surface area contributed by atoms with Gasteiger partial charge in [0, 0.05) is 28.2 Å². The highest BCUT2D eigenvalue weighted by atomic mass is 35.5. The molecule has 0 unspecified atom stereocenters. The van der Waals surface area contributed by atoms with Gasteiger partial charge in [-0.1, -0.05) is 54.1 Å². The van der Waals surface area contributed by atoms with E-state index in [0.29, 0.717) is 5.02 Å². The summed E-state index contributed by atoms with van der Waals surface area (Å²) in [4.78, 5) is 8.14. The number of pyridine rings is 2. The van der Waals surface area contributed by atoms with E-state index >= 15 is 0 Å². The number of aryl methyl sites for hydroxylation is 2. The smallest absolute Gasteiger partial charge is 0.159 e. The molecule has 1 aliphatic carbocycles. The minimum atomic E-state index is 0.685. The lowest BCUT2D eigenvalue weighted by molar-refractivity contribution is 0.489. The summed E-state index contributed by atoms with van der Waals surface area (Å²) >= 11 is 6.14. The zero-order chi connectivity index (χ0) is 24.3. The fraction of sp³-hybridized carbons (Fsp3) is 0.125. The van der Waals surface area contributed by atoms with Gasteiger partial charge >= 0.3 is 0 Å². The van der Waals surface area contributed by atoms with E-state index in [2.05, 4.69) is 52.4 Å². The fourth-order valence-corrected chi connectivity index (χ4v) is 5.23. The van der Waals surface area contributed by atoms with Gasteiger partial charge in [-0.25, -0.2) is 9.97 Å². The van der Waals surface area contributed by atoms with E-state index in [1.807, 2.05) is 48.5 Å². The molecule has 0 bridgehead atoms. The molecule has 0 fully saturated rings. The molecular weight excluding hydrogens is 464 g/mol. The zero-order valence-corrected chi connectivity index (χ0v) is 20.6. The molecule has 176 valence electrons. The van der Waals surface area contributed by atoms with E-state index in [9.17, 15) is 0 Å². The molecule has 0 spiro atoms. The van der Waals surface area contributed by atoms with Gasteiger partial charge in [-0.05, 0) is 101 Å². The Hall–Kier alpha value is -3.95. The first-order valence-corrected chi connectivity index (χ1v) is 12.7. The molecule has 0 amide bonds. The molecule has 4 heteroatoms. The van der Waals surface area contributed by atoms with Crippen LogP contribution in [0, 0.1) is 0 Å². The molecule has 0 aliphatic heterocycles. The summed E-state index contributed by atoms with van der Waals surface area (Å²) in [5.74, 6) is 1.67. The Morgan fingerprint density at radius 2 is 1.39 bits per heavy atom. The number of ether oxygens (including phenoxy) is 1. The van der Waals surface area contributed by atoms with Gasteiger partial charge < -0.3 is 4.74 Å². The number of aromatic nitrogens is 2. The molecule has 0 radical (unpaired) electrons. The molecule has 2 heterocycles. The van der Waals surface area contributed by atoms with Crippen molar-refractivity contribution in [3.8, 4) is 11.5 Å². The predicted molar refractivity (Wildman–Crippen MR) is 149 cm³/mol.